The average Bonchev–Trinajstić information content (AvgIpc) is 3.29. The molecule has 0 saturated carbocycles. The van der Waals surface area contributed by atoms with Gasteiger partial charge in [0.15, 0.2) is 10.7 Å². The van der Waals surface area contributed by atoms with Crippen molar-refractivity contribution in [1.29, 1.82) is 0 Å². The summed E-state index contributed by atoms with van der Waals surface area (Å²) in [4.78, 5) is 33.8. The fourth-order valence-electron chi connectivity index (χ4n) is 2.50. The first-order chi connectivity index (χ1) is 12.6. The third-order valence-corrected chi connectivity index (χ3v) is 4.77. The Balaban J connectivity index is 1.65. The Bertz CT molecular complexity index is 918. The molecule has 0 spiro atoms. The molecule has 0 bridgehead atoms. The van der Waals surface area contributed by atoms with Gasteiger partial charge >= 0.3 is 5.97 Å². The number of benzene rings is 1. The largest absolute Gasteiger partial charge is 0.460 e. The van der Waals surface area contributed by atoms with Crippen LogP contribution in [-0.2, 0) is 4.74 Å². The minimum Gasteiger partial charge on any atom is -0.460 e. The van der Waals surface area contributed by atoms with Gasteiger partial charge in [0.25, 0.3) is 0 Å². The number of likely N-dealkylation sites (N-methyl/N-ethyl adjacent to an activating group) is 1. The first-order valence-electron chi connectivity index (χ1n) is 8.13. The van der Waals surface area contributed by atoms with Gasteiger partial charge < -0.3 is 19.7 Å². The minimum atomic E-state index is -0.559. The number of nitrogens with zero attached hydrogens (tertiary/aromatic N) is 2. The van der Waals surface area contributed by atoms with Crippen molar-refractivity contribution in [3.63, 3.8) is 0 Å². The zero-order valence-electron chi connectivity index (χ0n) is 14.3. The lowest BCUT2D eigenvalue weighted by molar-refractivity contribution is 0.0461. The molecule has 0 aliphatic carbocycles. The number of hydrogen-bond donors (Lipinski definition) is 2. The quantitative estimate of drug-likeness (QED) is 0.463. The topological polar surface area (TPSA) is 95.5 Å². The molecule has 2 heterocycles. The number of hydrogen-bond acceptors (Lipinski definition) is 7. The van der Waals surface area contributed by atoms with Crippen molar-refractivity contribution >= 4 is 34.0 Å². The van der Waals surface area contributed by atoms with E-state index in [0.717, 1.165) is 22.2 Å². The van der Waals surface area contributed by atoms with E-state index in [1.165, 1.54) is 5.38 Å². The number of ether oxygens (including phenoxy) is 1. The monoisotopic (exact) mass is 373 g/mol. The van der Waals surface area contributed by atoms with Crippen LogP contribution in [0.2, 0.25) is 0 Å². The van der Waals surface area contributed by atoms with E-state index >= 15 is 0 Å². The number of aromatic nitrogens is 2. The van der Waals surface area contributed by atoms with Gasteiger partial charge in [0.05, 0.1) is 12.2 Å². The molecule has 1 aromatic carbocycles. The Morgan fingerprint density at radius 2 is 2.12 bits per heavy atom. The van der Waals surface area contributed by atoms with Crippen molar-refractivity contribution in [2.75, 3.05) is 33.4 Å². The first-order valence-corrected chi connectivity index (χ1v) is 9.01. The zero-order chi connectivity index (χ0) is 18.5. The smallest absolute Gasteiger partial charge is 0.357 e. The summed E-state index contributed by atoms with van der Waals surface area (Å²) in [5.74, 6) is -0.786. The number of H-pyrrole nitrogens is 1. The zero-order valence-corrected chi connectivity index (χ0v) is 15.1. The third kappa shape index (κ3) is 3.98. The molecular weight excluding hydrogens is 354 g/mol. The molecule has 0 atom stereocenters. The highest BCUT2D eigenvalue weighted by Gasteiger charge is 2.20. The second kappa shape index (κ2) is 8.22. The minimum absolute atomic E-state index is 0.0514. The van der Waals surface area contributed by atoms with E-state index in [-0.39, 0.29) is 29.7 Å². The number of carbonyl (C=O) groups excluding carboxylic acids is 2. The lowest BCUT2D eigenvalue weighted by Crippen LogP contribution is -2.27. The van der Waals surface area contributed by atoms with Crippen molar-refractivity contribution in [2.24, 2.45) is 0 Å². The van der Waals surface area contributed by atoms with Gasteiger partial charge in [0.2, 0.25) is 5.78 Å². The van der Waals surface area contributed by atoms with Crippen LogP contribution in [-0.4, -0.2) is 65.1 Å². The number of esters is 1. The number of rotatable bonds is 8. The van der Waals surface area contributed by atoms with E-state index in [9.17, 15) is 9.59 Å². The fourth-order valence-corrected chi connectivity index (χ4v) is 3.24. The molecule has 0 unspecified atom stereocenters. The van der Waals surface area contributed by atoms with E-state index in [1.807, 2.05) is 36.2 Å². The summed E-state index contributed by atoms with van der Waals surface area (Å²) in [5.41, 5.74) is 1.53. The van der Waals surface area contributed by atoms with Crippen molar-refractivity contribution in [3.8, 4) is 0 Å². The predicted octanol–water partition coefficient (Wildman–Crippen LogP) is 1.94. The first kappa shape index (κ1) is 18.2. The highest BCUT2D eigenvalue weighted by molar-refractivity contribution is 7.12. The highest BCUT2D eigenvalue weighted by atomic mass is 32.1. The third-order valence-electron chi connectivity index (χ3n) is 3.93. The molecule has 0 aliphatic rings. The average molecular weight is 373 g/mol. The van der Waals surface area contributed by atoms with Crippen molar-refractivity contribution in [2.45, 2.75) is 0 Å². The standard InChI is InChI=1S/C18H19N3O4S/c1-21(6-8-22)7-9-25-18(24)15-11-26-17(20-15)16(23)13-10-19-14-5-3-2-4-12(13)14/h2-5,10-11,19,22H,6-9H2,1H3. The van der Waals surface area contributed by atoms with Crippen LogP contribution in [0, 0.1) is 0 Å². The molecule has 2 aromatic heterocycles. The second-order valence-electron chi connectivity index (χ2n) is 5.78. The maximum atomic E-state index is 12.7. The number of aromatic amines is 1. The molecule has 8 heteroatoms. The SMILES string of the molecule is CN(CCO)CCOC(=O)c1csc(C(=O)c2c[nH]c3ccccc23)n1. The number of thiazole rings is 1. The Labute approximate surface area is 154 Å². The van der Waals surface area contributed by atoms with E-state index in [2.05, 4.69) is 9.97 Å². The molecule has 136 valence electrons. The summed E-state index contributed by atoms with van der Waals surface area (Å²) < 4.78 is 5.16. The van der Waals surface area contributed by atoms with Crippen molar-refractivity contribution in [3.05, 3.63) is 52.1 Å². The van der Waals surface area contributed by atoms with Gasteiger partial charge in [-0.3, -0.25) is 4.79 Å². The summed E-state index contributed by atoms with van der Waals surface area (Å²) in [6, 6.07) is 7.52. The van der Waals surface area contributed by atoms with Gasteiger partial charge in [0.1, 0.15) is 6.61 Å². The predicted molar refractivity (Wildman–Crippen MR) is 98.7 cm³/mol. The summed E-state index contributed by atoms with van der Waals surface area (Å²) in [6.45, 7) is 1.27. The summed E-state index contributed by atoms with van der Waals surface area (Å²) >= 11 is 1.12. The van der Waals surface area contributed by atoms with Gasteiger partial charge in [-0.1, -0.05) is 18.2 Å². The van der Waals surface area contributed by atoms with Crippen LogP contribution < -0.4 is 0 Å². The van der Waals surface area contributed by atoms with Crippen LogP contribution >= 0.6 is 11.3 Å². The lowest BCUT2D eigenvalue weighted by atomic mass is 10.1. The van der Waals surface area contributed by atoms with Gasteiger partial charge in [0, 0.05) is 35.6 Å². The molecular formula is C18H19N3O4S. The van der Waals surface area contributed by atoms with Gasteiger partial charge in [-0.2, -0.15) is 0 Å². The Kier molecular flexibility index (Phi) is 5.77. The molecule has 3 aromatic rings. The number of para-hydroxylation sites is 1. The number of carbonyl (C=O) groups is 2. The number of aliphatic hydroxyl groups is 1. The molecule has 2 N–H and O–H groups in total. The van der Waals surface area contributed by atoms with Gasteiger partial charge in [-0.15, -0.1) is 11.3 Å². The van der Waals surface area contributed by atoms with E-state index < -0.39 is 5.97 Å². The number of aliphatic hydroxyl groups excluding tert-OH is 1. The highest BCUT2D eigenvalue weighted by Crippen LogP contribution is 2.22. The molecule has 0 amide bonds. The molecule has 0 fully saturated rings. The molecule has 0 radical (unpaired) electrons. The molecule has 0 aliphatic heterocycles. The molecule has 26 heavy (non-hydrogen) atoms. The lowest BCUT2D eigenvalue weighted by Gasteiger charge is -2.14. The van der Waals surface area contributed by atoms with Crippen molar-refractivity contribution in [1.82, 2.24) is 14.9 Å². The van der Waals surface area contributed by atoms with Crippen LogP contribution in [0.1, 0.15) is 25.9 Å². The second-order valence-corrected chi connectivity index (χ2v) is 6.64. The Hall–Kier alpha value is -2.55. The molecule has 0 saturated heterocycles. The molecule has 7 nitrogen and oxygen atoms in total. The van der Waals surface area contributed by atoms with E-state index in [0.29, 0.717) is 18.7 Å². The summed E-state index contributed by atoms with van der Waals surface area (Å²) in [5, 5.41) is 11.4. The van der Waals surface area contributed by atoms with Crippen LogP contribution in [0.25, 0.3) is 10.9 Å². The maximum Gasteiger partial charge on any atom is 0.357 e. The van der Waals surface area contributed by atoms with Gasteiger partial charge in [-0.25, -0.2) is 9.78 Å². The number of nitrogens with one attached hydrogen (secondary N) is 1. The normalized spacial score (nSPS) is 11.2. The van der Waals surface area contributed by atoms with Gasteiger partial charge in [-0.05, 0) is 13.1 Å². The fraction of sp³-hybridized carbons (Fsp3) is 0.278. The maximum absolute atomic E-state index is 12.7. The number of fused-ring (bicyclic) bond motifs is 1. The van der Waals surface area contributed by atoms with Crippen LogP contribution in [0.3, 0.4) is 0 Å². The van der Waals surface area contributed by atoms with E-state index in [4.69, 9.17) is 9.84 Å². The summed E-state index contributed by atoms with van der Waals surface area (Å²) in [7, 11) is 1.82. The Morgan fingerprint density at radius 1 is 1.31 bits per heavy atom. The van der Waals surface area contributed by atoms with Crippen LogP contribution in [0.4, 0.5) is 0 Å². The van der Waals surface area contributed by atoms with Crippen molar-refractivity contribution < 1.29 is 19.4 Å². The van der Waals surface area contributed by atoms with Crippen LogP contribution in [0.5, 0.6) is 0 Å². The van der Waals surface area contributed by atoms with E-state index in [1.54, 1.807) is 6.20 Å². The number of ketones is 1. The van der Waals surface area contributed by atoms with Crippen LogP contribution in [0.15, 0.2) is 35.8 Å². The molecule has 3 rings (SSSR count). The summed E-state index contributed by atoms with van der Waals surface area (Å²) in [6.07, 6.45) is 1.66. The Morgan fingerprint density at radius 3 is 2.92 bits per heavy atom.